The van der Waals surface area contributed by atoms with Crippen LogP contribution in [0.5, 0.6) is 5.75 Å². The van der Waals surface area contributed by atoms with Gasteiger partial charge in [-0.3, -0.25) is 0 Å². The minimum Gasteiger partial charge on any atom is -0.496 e. The van der Waals surface area contributed by atoms with E-state index in [0.29, 0.717) is 0 Å². The van der Waals surface area contributed by atoms with Crippen LogP contribution in [0.1, 0.15) is 23.6 Å². The fraction of sp³-hybridized carbons (Fsp3) is 0.263. The molecule has 2 aromatic carbocycles. The standard InChI is InChI=1S/C19H22N2O/c1-20-12-11-15(16-8-4-6-10-19(16)22-2)18-13-14-7-3-5-9-17(14)21-18/h3-10,13,15,20-21H,11-12H2,1-2H3. The lowest BCUT2D eigenvalue weighted by Gasteiger charge is -2.19. The van der Waals surface area contributed by atoms with Crippen molar-refractivity contribution >= 4 is 10.9 Å². The van der Waals surface area contributed by atoms with E-state index in [1.54, 1.807) is 7.11 Å². The van der Waals surface area contributed by atoms with Crippen LogP contribution >= 0.6 is 0 Å². The van der Waals surface area contributed by atoms with E-state index in [1.165, 1.54) is 22.2 Å². The zero-order chi connectivity index (χ0) is 15.4. The minimum atomic E-state index is 0.288. The van der Waals surface area contributed by atoms with Crippen LogP contribution < -0.4 is 10.1 Å². The molecule has 0 amide bonds. The van der Waals surface area contributed by atoms with Crippen molar-refractivity contribution in [2.75, 3.05) is 20.7 Å². The Labute approximate surface area is 131 Å². The molecular formula is C19H22N2O. The SMILES string of the molecule is CNCCC(c1cc2ccccc2[nH]1)c1ccccc1OC. The van der Waals surface area contributed by atoms with Crippen LogP contribution in [0.2, 0.25) is 0 Å². The summed E-state index contributed by atoms with van der Waals surface area (Å²) in [4.78, 5) is 3.57. The molecule has 2 N–H and O–H groups in total. The number of ether oxygens (including phenoxy) is 1. The normalized spacial score (nSPS) is 12.5. The van der Waals surface area contributed by atoms with E-state index in [4.69, 9.17) is 4.74 Å². The molecule has 1 aromatic heterocycles. The van der Waals surface area contributed by atoms with Gasteiger partial charge in [0.15, 0.2) is 0 Å². The van der Waals surface area contributed by atoms with Crippen molar-refractivity contribution in [1.29, 1.82) is 0 Å². The highest BCUT2D eigenvalue weighted by Gasteiger charge is 2.19. The number of benzene rings is 2. The summed E-state index contributed by atoms with van der Waals surface area (Å²) in [6, 6.07) is 18.9. The second kappa shape index (κ2) is 6.67. The van der Waals surface area contributed by atoms with Crippen LogP contribution in [0.25, 0.3) is 10.9 Å². The van der Waals surface area contributed by atoms with Crippen molar-refractivity contribution in [2.24, 2.45) is 0 Å². The average Bonchev–Trinajstić information content (AvgIpc) is 2.99. The summed E-state index contributed by atoms with van der Waals surface area (Å²) in [5.74, 6) is 1.23. The molecular weight excluding hydrogens is 272 g/mol. The van der Waals surface area contributed by atoms with Crippen LogP contribution in [0.3, 0.4) is 0 Å². The number of aromatic amines is 1. The highest BCUT2D eigenvalue weighted by Crippen LogP contribution is 2.34. The van der Waals surface area contributed by atoms with Crippen LogP contribution in [-0.4, -0.2) is 25.7 Å². The minimum absolute atomic E-state index is 0.288. The molecule has 0 spiro atoms. The number of nitrogens with one attached hydrogen (secondary N) is 2. The van der Waals surface area contributed by atoms with E-state index in [9.17, 15) is 0 Å². The molecule has 0 saturated heterocycles. The molecule has 0 saturated carbocycles. The molecule has 114 valence electrons. The molecule has 3 aromatic rings. The maximum atomic E-state index is 5.57. The second-order valence-electron chi connectivity index (χ2n) is 5.50. The molecule has 0 aliphatic rings. The van der Waals surface area contributed by atoms with Gasteiger partial charge in [0.2, 0.25) is 0 Å². The third-order valence-electron chi connectivity index (χ3n) is 4.12. The topological polar surface area (TPSA) is 37.0 Å². The Morgan fingerprint density at radius 1 is 1.09 bits per heavy atom. The lowest BCUT2D eigenvalue weighted by Crippen LogP contribution is -2.14. The molecule has 1 heterocycles. The van der Waals surface area contributed by atoms with Crippen molar-refractivity contribution in [3.63, 3.8) is 0 Å². The highest BCUT2D eigenvalue weighted by atomic mass is 16.5. The molecule has 3 rings (SSSR count). The number of methoxy groups -OCH3 is 1. The molecule has 0 bridgehead atoms. The van der Waals surface area contributed by atoms with Crippen LogP contribution in [0.4, 0.5) is 0 Å². The molecule has 3 heteroatoms. The van der Waals surface area contributed by atoms with Crippen molar-refractivity contribution in [1.82, 2.24) is 10.3 Å². The van der Waals surface area contributed by atoms with E-state index >= 15 is 0 Å². The Hall–Kier alpha value is -2.26. The number of H-pyrrole nitrogens is 1. The number of fused-ring (bicyclic) bond motifs is 1. The monoisotopic (exact) mass is 294 g/mol. The molecule has 22 heavy (non-hydrogen) atoms. The van der Waals surface area contributed by atoms with Crippen molar-refractivity contribution in [3.8, 4) is 5.75 Å². The Bertz CT molecular complexity index is 715. The summed E-state index contributed by atoms with van der Waals surface area (Å²) in [5.41, 5.74) is 3.65. The zero-order valence-electron chi connectivity index (χ0n) is 13.1. The van der Waals surface area contributed by atoms with Crippen LogP contribution in [0, 0.1) is 0 Å². The lowest BCUT2D eigenvalue weighted by molar-refractivity contribution is 0.406. The Morgan fingerprint density at radius 3 is 2.64 bits per heavy atom. The van der Waals surface area contributed by atoms with Gasteiger partial charge >= 0.3 is 0 Å². The molecule has 0 fully saturated rings. The van der Waals surface area contributed by atoms with Crippen LogP contribution in [-0.2, 0) is 0 Å². The van der Waals surface area contributed by atoms with Gasteiger partial charge < -0.3 is 15.0 Å². The Kier molecular flexibility index (Phi) is 4.45. The predicted molar refractivity (Wildman–Crippen MR) is 91.7 cm³/mol. The summed E-state index contributed by atoms with van der Waals surface area (Å²) in [6.45, 7) is 0.956. The molecule has 0 aliphatic heterocycles. The molecule has 0 aliphatic carbocycles. The van der Waals surface area contributed by atoms with Gasteiger partial charge in [-0.25, -0.2) is 0 Å². The van der Waals surface area contributed by atoms with E-state index in [-0.39, 0.29) is 5.92 Å². The van der Waals surface area contributed by atoms with E-state index in [2.05, 4.69) is 52.8 Å². The molecule has 0 radical (unpaired) electrons. The fourth-order valence-corrected chi connectivity index (χ4v) is 3.01. The van der Waals surface area contributed by atoms with Crippen molar-refractivity contribution in [3.05, 3.63) is 65.9 Å². The van der Waals surface area contributed by atoms with Gasteiger partial charge in [0.25, 0.3) is 0 Å². The Balaban J connectivity index is 2.05. The molecule has 3 nitrogen and oxygen atoms in total. The first-order valence-electron chi connectivity index (χ1n) is 7.68. The summed E-state index contributed by atoms with van der Waals surface area (Å²) < 4.78 is 5.57. The first kappa shape index (κ1) is 14.7. The fourth-order valence-electron chi connectivity index (χ4n) is 3.01. The smallest absolute Gasteiger partial charge is 0.122 e. The summed E-state index contributed by atoms with van der Waals surface area (Å²) in [7, 11) is 3.73. The van der Waals surface area contributed by atoms with Crippen molar-refractivity contribution < 1.29 is 4.74 Å². The van der Waals surface area contributed by atoms with Gasteiger partial charge in [-0.05, 0) is 43.6 Å². The van der Waals surface area contributed by atoms with Gasteiger partial charge in [-0.15, -0.1) is 0 Å². The van der Waals surface area contributed by atoms with Crippen LogP contribution in [0.15, 0.2) is 54.6 Å². The lowest BCUT2D eigenvalue weighted by atomic mass is 9.91. The molecule has 1 unspecified atom stereocenters. The number of para-hydroxylation sites is 2. The predicted octanol–water partition coefficient (Wildman–Crippen LogP) is 3.92. The third kappa shape index (κ3) is 2.85. The van der Waals surface area contributed by atoms with E-state index < -0.39 is 0 Å². The highest BCUT2D eigenvalue weighted by molar-refractivity contribution is 5.80. The third-order valence-corrected chi connectivity index (χ3v) is 4.12. The first-order chi connectivity index (χ1) is 10.8. The summed E-state index contributed by atoms with van der Waals surface area (Å²) in [6.07, 6.45) is 1.02. The van der Waals surface area contributed by atoms with Gasteiger partial charge in [-0.1, -0.05) is 36.4 Å². The van der Waals surface area contributed by atoms with E-state index in [0.717, 1.165) is 18.7 Å². The number of rotatable bonds is 6. The first-order valence-corrected chi connectivity index (χ1v) is 7.68. The Morgan fingerprint density at radius 2 is 1.86 bits per heavy atom. The van der Waals surface area contributed by atoms with Gasteiger partial charge in [0, 0.05) is 22.7 Å². The molecule has 1 atom stereocenters. The number of aromatic nitrogens is 1. The van der Waals surface area contributed by atoms with Gasteiger partial charge in [0.1, 0.15) is 5.75 Å². The average molecular weight is 294 g/mol. The summed E-state index contributed by atoms with van der Waals surface area (Å²) in [5, 5.41) is 4.51. The summed E-state index contributed by atoms with van der Waals surface area (Å²) >= 11 is 0. The van der Waals surface area contributed by atoms with Gasteiger partial charge in [-0.2, -0.15) is 0 Å². The van der Waals surface area contributed by atoms with E-state index in [1.807, 2.05) is 19.2 Å². The largest absolute Gasteiger partial charge is 0.496 e. The quantitative estimate of drug-likeness (QED) is 0.723. The van der Waals surface area contributed by atoms with Gasteiger partial charge in [0.05, 0.1) is 7.11 Å². The zero-order valence-corrected chi connectivity index (χ0v) is 13.1. The number of hydrogen-bond acceptors (Lipinski definition) is 2. The second-order valence-corrected chi connectivity index (χ2v) is 5.50. The maximum Gasteiger partial charge on any atom is 0.122 e. The maximum absolute atomic E-state index is 5.57. The number of hydrogen-bond donors (Lipinski definition) is 2. The van der Waals surface area contributed by atoms with Crippen molar-refractivity contribution in [2.45, 2.75) is 12.3 Å².